The molecule has 0 fully saturated rings. The summed E-state index contributed by atoms with van der Waals surface area (Å²) in [6.45, 7) is 4.64. The molecule has 0 aliphatic rings. The van der Waals surface area contributed by atoms with Gasteiger partial charge in [0.15, 0.2) is 0 Å². The quantitative estimate of drug-likeness (QED) is 0.605. The van der Waals surface area contributed by atoms with Gasteiger partial charge in [0, 0.05) is 19.6 Å². The first-order valence-electron chi connectivity index (χ1n) is 6.65. The van der Waals surface area contributed by atoms with E-state index in [1.165, 1.54) is 0 Å². The molecule has 6 heteroatoms. The Hall–Kier alpha value is -1.79. The Labute approximate surface area is 119 Å². The summed E-state index contributed by atoms with van der Waals surface area (Å²) in [6.07, 6.45) is -0.606. The molecule has 1 atom stereocenters. The lowest BCUT2D eigenvalue weighted by Gasteiger charge is -2.16. The topological polar surface area (TPSA) is 82.6 Å². The Balaban J connectivity index is 2.52. The monoisotopic (exact) mass is 281 g/mol. The number of nitrogens with one attached hydrogen (secondary N) is 3. The smallest absolute Gasteiger partial charge is 0.319 e. The molecule has 0 aliphatic heterocycles. The molecule has 6 nitrogen and oxygen atoms in total. The van der Waals surface area contributed by atoms with E-state index in [4.69, 9.17) is 4.74 Å². The largest absolute Gasteiger partial charge is 0.489 e. The molecule has 0 aromatic heterocycles. The Morgan fingerprint density at radius 1 is 1.35 bits per heavy atom. The minimum absolute atomic E-state index is 0.159. The molecule has 0 spiro atoms. The molecule has 0 saturated heterocycles. The van der Waals surface area contributed by atoms with Gasteiger partial charge >= 0.3 is 6.03 Å². The van der Waals surface area contributed by atoms with Gasteiger partial charge in [-0.25, -0.2) is 4.79 Å². The minimum Gasteiger partial charge on any atom is -0.489 e. The van der Waals surface area contributed by atoms with Crippen molar-refractivity contribution >= 4 is 11.7 Å². The Kier molecular flexibility index (Phi) is 6.83. The van der Waals surface area contributed by atoms with Crippen molar-refractivity contribution in [2.24, 2.45) is 0 Å². The summed E-state index contributed by atoms with van der Waals surface area (Å²) >= 11 is 0. The standard InChI is InChI=1S/C14H23N3O3/c1-10(2)16-8-11(18)9-20-13-7-5-4-6-12(13)17-14(19)15-3/h4-7,10-11,16,18H,8-9H2,1-3H3,(H2,15,17,19). The molecule has 0 heterocycles. The maximum absolute atomic E-state index is 11.3. The first-order valence-corrected chi connectivity index (χ1v) is 6.65. The predicted molar refractivity (Wildman–Crippen MR) is 79.2 cm³/mol. The van der Waals surface area contributed by atoms with E-state index in [2.05, 4.69) is 16.0 Å². The van der Waals surface area contributed by atoms with Crippen LogP contribution in [0.25, 0.3) is 0 Å². The molecule has 112 valence electrons. The molecule has 1 rings (SSSR count). The van der Waals surface area contributed by atoms with E-state index in [-0.39, 0.29) is 12.6 Å². The highest BCUT2D eigenvalue weighted by atomic mass is 16.5. The van der Waals surface area contributed by atoms with Crippen LogP contribution in [-0.4, -0.2) is 43.5 Å². The summed E-state index contributed by atoms with van der Waals surface area (Å²) in [7, 11) is 1.54. The van der Waals surface area contributed by atoms with Gasteiger partial charge in [0.05, 0.1) is 5.69 Å². The van der Waals surface area contributed by atoms with E-state index in [1.54, 1.807) is 25.2 Å². The van der Waals surface area contributed by atoms with Gasteiger partial charge in [-0.3, -0.25) is 0 Å². The van der Waals surface area contributed by atoms with Crippen LogP contribution in [0.15, 0.2) is 24.3 Å². The first-order chi connectivity index (χ1) is 9.52. The highest BCUT2D eigenvalue weighted by molar-refractivity contribution is 5.90. The van der Waals surface area contributed by atoms with Crippen LogP contribution in [0.5, 0.6) is 5.75 Å². The van der Waals surface area contributed by atoms with E-state index in [0.29, 0.717) is 24.0 Å². The lowest BCUT2D eigenvalue weighted by atomic mass is 10.3. The van der Waals surface area contributed by atoms with Gasteiger partial charge in [-0.15, -0.1) is 0 Å². The molecule has 1 aromatic rings. The third kappa shape index (κ3) is 5.90. The molecular formula is C14H23N3O3. The third-order valence-corrected chi connectivity index (χ3v) is 2.56. The van der Waals surface area contributed by atoms with Gasteiger partial charge in [-0.05, 0) is 12.1 Å². The van der Waals surface area contributed by atoms with Crippen LogP contribution in [0, 0.1) is 0 Å². The second-order valence-electron chi connectivity index (χ2n) is 4.73. The summed E-state index contributed by atoms with van der Waals surface area (Å²) < 4.78 is 5.54. The zero-order valence-electron chi connectivity index (χ0n) is 12.1. The van der Waals surface area contributed by atoms with Gasteiger partial charge in [0.25, 0.3) is 0 Å². The van der Waals surface area contributed by atoms with Crippen LogP contribution >= 0.6 is 0 Å². The fourth-order valence-corrected chi connectivity index (χ4v) is 1.50. The number of anilines is 1. The molecule has 1 aromatic carbocycles. The van der Waals surface area contributed by atoms with E-state index < -0.39 is 6.10 Å². The summed E-state index contributed by atoms with van der Waals surface area (Å²) in [5, 5.41) is 18.1. The van der Waals surface area contributed by atoms with Crippen molar-refractivity contribution in [1.29, 1.82) is 0 Å². The van der Waals surface area contributed by atoms with Gasteiger partial charge in [0.2, 0.25) is 0 Å². The number of urea groups is 1. The fourth-order valence-electron chi connectivity index (χ4n) is 1.50. The van der Waals surface area contributed by atoms with Crippen molar-refractivity contribution in [2.75, 3.05) is 25.5 Å². The van der Waals surface area contributed by atoms with Crippen LogP contribution in [0.3, 0.4) is 0 Å². The number of rotatable bonds is 7. The van der Waals surface area contributed by atoms with Crippen molar-refractivity contribution in [1.82, 2.24) is 10.6 Å². The van der Waals surface area contributed by atoms with Crippen molar-refractivity contribution in [3.05, 3.63) is 24.3 Å². The number of hydrogen-bond acceptors (Lipinski definition) is 4. The van der Waals surface area contributed by atoms with Crippen molar-refractivity contribution in [3.63, 3.8) is 0 Å². The van der Waals surface area contributed by atoms with Crippen LogP contribution in [0.1, 0.15) is 13.8 Å². The van der Waals surface area contributed by atoms with Crippen LogP contribution in [0.2, 0.25) is 0 Å². The highest BCUT2D eigenvalue weighted by Crippen LogP contribution is 2.23. The second-order valence-corrected chi connectivity index (χ2v) is 4.73. The molecule has 0 bridgehead atoms. The second kappa shape index (κ2) is 8.39. The minimum atomic E-state index is -0.606. The van der Waals surface area contributed by atoms with E-state index in [1.807, 2.05) is 19.9 Å². The Morgan fingerprint density at radius 3 is 2.70 bits per heavy atom. The normalized spacial score (nSPS) is 12.1. The summed E-state index contributed by atoms with van der Waals surface area (Å²) in [5.41, 5.74) is 0.566. The maximum atomic E-state index is 11.3. The number of hydrogen-bond donors (Lipinski definition) is 4. The SMILES string of the molecule is CNC(=O)Nc1ccccc1OCC(O)CNC(C)C. The van der Waals surface area contributed by atoms with Crippen LogP contribution in [0.4, 0.5) is 10.5 Å². The average Bonchev–Trinajstić information content (AvgIpc) is 2.44. The number of carbonyl (C=O) groups is 1. The summed E-state index contributed by atoms with van der Waals surface area (Å²) in [4.78, 5) is 11.3. The zero-order valence-corrected chi connectivity index (χ0v) is 12.1. The Morgan fingerprint density at radius 2 is 2.05 bits per heavy atom. The molecule has 4 N–H and O–H groups in total. The van der Waals surface area contributed by atoms with Gasteiger partial charge in [-0.1, -0.05) is 26.0 Å². The number of ether oxygens (including phenoxy) is 1. The molecular weight excluding hydrogens is 258 g/mol. The summed E-state index contributed by atoms with van der Waals surface area (Å²) in [6, 6.07) is 7.09. The highest BCUT2D eigenvalue weighted by Gasteiger charge is 2.09. The third-order valence-electron chi connectivity index (χ3n) is 2.56. The molecule has 2 amide bonds. The average molecular weight is 281 g/mol. The van der Waals surface area contributed by atoms with Crippen molar-refractivity contribution < 1.29 is 14.6 Å². The van der Waals surface area contributed by atoms with Crippen LogP contribution in [-0.2, 0) is 0 Å². The first kappa shape index (κ1) is 16.3. The van der Waals surface area contributed by atoms with Crippen molar-refractivity contribution in [2.45, 2.75) is 26.0 Å². The molecule has 20 heavy (non-hydrogen) atoms. The van der Waals surface area contributed by atoms with Crippen LogP contribution < -0.4 is 20.7 Å². The lowest BCUT2D eigenvalue weighted by Crippen LogP contribution is -2.35. The van der Waals surface area contributed by atoms with E-state index >= 15 is 0 Å². The lowest BCUT2D eigenvalue weighted by molar-refractivity contribution is 0.105. The van der Waals surface area contributed by atoms with E-state index in [9.17, 15) is 9.90 Å². The predicted octanol–water partition coefficient (Wildman–Crippen LogP) is 1.18. The fraction of sp³-hybridized carbons (Fsp3) is 0.500. The number of para-hydroxylation sites is 2. The molecule has 0 saturated carbocycles. The molecule has 0 radical (unpaired) electrons. The van der Waals surface area contributed by atoms with Gasteiger partial charge < -0.3 is 25.8 Å². The van der Waals surface area contributed by atoms with Gasteiger partial charge in [0.1, 0.15) is 18.5 Å². The number of amides is 2. The van der Waals surface area contributed by atoms with Crippen molar-refractivity contribution in [3.8, 4) is 5.75 Å². The van der Waals surface area contributed by atoms with E-state index in [0.717, 1.165) is 0 Å². The zero-order chi connectivity index (χ0) is 15.0. The number of benzene rings is 1. The number of aliphatic hydroxyl groups is 1. The molecule has 0 aliphatic carbocycles. The Bertz CT molecular complexity index is 424. The van der Waals surface area contributed by atoms with Gasteiger partial charge in [-0.2, -0.15) is 0 Å². The number of carbonyl (C=O) groups excluding carboxylic acids is 1. The number of aliphatic hydroxyl groups excluding tert-OH is 1. The maximum Gasteiger partial charge on any atom is 0.319 e. The molecule has 1 unspecified atom stereocenters. The summed E-state index contributed by atoms with van der Waals surface area (Å²) in [5.74, 6) is 0.527.